The maximum absolute atomic E-state index is 14.8. The molecule has 3 saturated heterocycles. The maximum Gasteiger partial charge on any atom is 0.228 e. The van der Waals surface area contributed by atoms with Crippen molar-refractivity contribution in [3.63, 3.8) is 0 Å². The quantitative estimate of drug-likeness (QED) is 0.300. The van der Waals surface area contributed by atoms with Crippen LogP contribution < -0.4 is 21.5 Å². The zero-order valence-corrected chi connectivity index (χ0v) is 22.6. The smallest absolute Gasteiger partial charge is 0.228 e. The second-order valence-electron chi connectivity index (χ2n) is 11.1. The van der Waals surface area contributed by atoms with Crippen molar-refractivity contribution in [1.29, 1.82) is 0 Å². The third-order valence-electron chi connectivity index (χ3n) is 8.63. The molecule has 3 aliphatic rings. The predicted molar refractivity (Wildman–Crippen MR) is 140 cm³/mol. The molecule has 0 saturated carbocycles. The van der Waals surface area contributed by atoms with Crippen LogP contribution >= 0.6 is 11.9 Å². The van der Waals surface area contributed by atoms with E-state index in [2.05, 4.69) is 35.7 Å². The molecule has 7 nitrogen and oxygen atoms in total. The van der Waals surface area contributed by atoms with Crippen LogP contribution in [0.25, 0.3) is 0 Å². The van der Waals surface area contributed by atoms with Crippen molar-refractivity contribution in [2.45, 2.75) is 114 Å². The lowest BCUT2D eigenvalue weighted by Gasteiger charge is -2.43. The third-order valence-corrected chi connectivity index (χ3v) is 9.79. The van der Waals surface area contributed by atoms with Gasteiger partial charge in [0.1, 0.15) is 11.5 Å². The highest BCUT2D eigenvalue weighted by molar-refractivity contribution is 7.98. The minimum absolute atomic E-state index is 0.0519. The lowest BCUT2D eigenvalue weighted by Crippen LogP contribution is -2.60. The minimum atomic E-state index is -0.894. The van der Waals surface area contributed by atoms with Gasteiger partial charge in [-0.3, -0.25) is 19.3 Å². The average Bonchev–Trinajstić information content (AvgIpc) is 3.42. The molecule has 7 atom stereocenters. The zero-order valence-electron chi connectivity index (χ0n) is 21.8. The molecule has 34 heavy (non-hydrogen) atoms. The van der Waals surface area contributed by atoms with Crippen molar-refractivity contribution in [2.75, 3.05) is 26.7 Å². The van der Waals surface area contributed by atoms with Crippen LogP contribution in [0, 0.1) is 11.3 Å². The highest BCUT2D eigenvalue weighted by Crippen LogP contribution is 2.42. The molecule has 3 heterocycles. The number of rotatable bonds is 8. The Morgan fingerprint density at radius 2 is 1.97 bits per heavy atom. The SMILES string of the molecule is CCCC1(CC)CCCC(F)CN(C)C(C(C(=O)NC2SNC(C)C2N2CCCC2)C(N)N)C1. The molecule has 0 spiro atoms. The maximum atomic E-state index is 14.8. The van der Waals surface area contributed by atoms with Crippen molar-refractivity contribution in [1.82, 2.24) is 19.8 Å². The molecule has 7 unspecified atom stereocenters. The largest absolute Gasteiger partial charge is 0.341 e. The Hall–Kier alpha value is -0.450. The zero-order chi connectivity index (χ0) is 24.9. The number of alkyl halides is 1. The summed E-state index contributed by atoms with van der Waals surface area (Å²) in [4.78, 5) is 18.3. The van der Waals surface area contributed by atoms with Crippen molar-refractivity contribution in [2.24, 2.45) is 22.8 Å². The second kappa shape index (κ2) is 12.7. The summed E-state index contributed by atoms with van der Waals surface area (Å²) in [5, 5.41) is 3.26. The molecule has 0 radical (unpaired) electrons. The topological polar surface area (TPSA) is 99.7 Å². The molecule has 3 aliphatic heterocycles. The van der Waals surface area contributed by atoms with Crippen LogP contribution in [0.5, 0.6) is 0 Å². The molecule has 3 rings (SSSR count). The summed E-state index contributed by atoms with van der Waals surface area (Å²) in [6, 6.07) is 0.342. The number of amides is 1. The standard InChI is InChI=1S/C25H49FN6OS/c1-5-11-25(6-2)12-9-10-18(26)16-31(4)19(15-25)20(22(27)28)23(33)29-24-21(17(3)30-34-24)32-13-7-8-14-32/h17-22,24,30H,5-16,27-28H2,1-4H3,(H,29,33). The van der Waals surface area contributed by atoms with Gasteiger partial charge in [0.15, 0.2) is 0 Å². The highest BCUT2D eigenvalue weighted by Gasteiger charge is 2.45. The van der Waals surface area contributed by atoms with Gasteiger partial charge in [-0.25, -0.2) is 4.39 Å². The number of nitrogens with two attached hydrogens (primary N) is 2. The average molecular weight is 501 g/mol. The molecule has 3 fully saturated rings. The van der Waals surface area contributed by atoms with Crippen molar-refractivity contribution >= 4 is 17.9 Å². The first-order valence-corrected chi connectivity index (χ1v) is 14.4. The van der Waals surface area contributed by atoms with Crippen LogP contribution in [0.4, 0.5) is 4.39 Å². The molecule has 0 aromatic carbocycles. The van der Waals surface area contributed by atoms with E-state index < -0.39 is 18.3 Å². The summed E-state index contributed by atoms with van der Waals surface area (Å²) >= 11 is 1.60. The monoisotopic (exact) mass is 500 g/mol. The summed E-state index contributed by atoms with van der Waals surface area (Å²) < 4.78 is 18.3. The van der Waals surface area contributed by atoms with Crippen LogP contribution in [-0.2, 0) is 4.79 Å². The lowest BCUT2D eigenvalue weighted by atomic mass is 9.70. The first-order valence-electron chi connectivity index (χ1n) is 13.5. The summed E-state index contributed by atoms with van der Waals surface area (Å²) in [6.45, 7) is 9.09. The molecule has 0 aromatic heterocycles. The molecule has 1 amide bonds. The third kappa shape index (κ3) is 6.65. The number of carbonyl (C=O) groups excluding carboxylic acids is 1. The van der Waals surface area contributed by atoms with Crippen molar-refractivity contribution in [3.05, 3.63) is 0 Å². The van der Waals surface area contributed by atoms with Gasteiger partial charge in [0.2, 0.25) is 5.91 Å². The predicted octanol–water partition coefficient (Wildman–Crippen LogP) is 2.80. The van der Waals surface area contributed by atoms with E-state index >= 15 is 0 Å². The number of halogens is 1. The van der Waals surface area contributed by atoms with E-state index in [1.807, 2.05) is 11.9 Å². The Labute approximate surface area is 210 Å². The Balaban J connectivity index is 1.83. The summed E-state index contributed by atoms with van der Waals surface area (Å²) in [5.74, 6) is -0.686. The van der Waals surface area contributed by atoms with Crippen LogP contribution in [-0.4, -0.2) is 78.2 Å². The molecular weight excluding hydrogens is 451 g/mol. The fourth-order valence-electron chi connectivity index (χ4n) is 6.68. The van der Waals surface area contributed by atoms with Gasteiger partial charge in [0.25, 0.3) is 0 Å². The van der Waals surface area contributed by atoms with Gasteiger partial charge in [-0.15, -0.1) is 0 Å². The molecule has 0 aromatic rings. The number of hydrogen-bond donors (Lipinski definition) is 4. The van der Waals surface area contributed by atoms with Gasteiger partial charge in [0.05, 0.1) is 18.1 Å². The molecule has 9 heteroatoms. The van der Waals surface area contributed by atoms with E-state index in [-0.39, 0.29) is 34.8 Å². The Morgan fingerprint density at radius 1 is 1.26 bits per heavy atom. The molecule has 6 N–H and O–H groups in total. The number of hydrogen-bond acceptors (Lipinski definition) is 7. The van der Waals surface area contributed by atoms with Gasteiger partial charge in [-0.1, -0.05) is 38.6 Å². The number of carbonyl (C=O) groups is 1. The van der Waals surface area contributed by atoms with Gasteiger partial charge >= 0.3 is 0 Å². The first-order chi connectivity index (χ1) is 16.2. The van der Waals surface area contributed by atoms with Crippen LogP contribution in [0.3, 0.4) is 0 Å². The highest BCUT2D eigenvalue weighted by atomic mass is 32.2. The van der Waals surface area contributed by atoms with E-state index in [4.69, 9.17) is 11.5 Å². The van der Waals surface area contributed by atoms with E-state index in [0.717, 1.165) is 51.6 Å². The van der Waals surface area contributed by atoms with Crippen LogP contribution in [0.2, 0.25) is 0 Å². The number of nitrogens with one attached hydrogen (secondary N) is 2. The van der Waals surface area contributed by atoms with E-state index in [1.165, 1.54) is 12.8 Å². The fourth-order valence-corrected chi connectivity index (χ4v) is 7.91. The molecular formula is C25H49FN6OS. The van der Waals surface area contributed by atoms with Gasteiger partial charge in [0, 0.05) is 18.6 Å². The Bertz CT molecular complexity index is 651. The summed E-state index contributed by atoms with van der Waals surface area (Å²) in [5.41, 5.74) is 12.7. The number of nitrogens with zero attached hydrogens (tertiary/aromatic N) is 2. The Morgan fingerprint density at radius 3 is 2.59 bits per heavy atom. The number of likely N-dealkylation sites (tertiary alicyclic amines) is 1. The van der Waals surface area contributed by atoms with Gasteiger partial charge in [-0.05, 0) is 77.4 Å². The lowest BCUT2D eigenvalue weighted by molar-refractivity contribution is -0.129. The Kier molecular flexibility index (Phi) is 10.5. The van der Waals surface area contributed by atoms with Crippen LogP contribution in [0.1, 0.15) is 78.6 Å². The summed E-state index contributed by atoms with van der Waals surface area (Å²) in [7, 11) is 1.94. The second-order valence-corrected chi connectivity index (χ2v) is 12.1. The first kappa shape index (κ1) is 28.1. The molecule has 0 aliphatic carbocycles. The van der Waals surface area contributed by atoms with E-state index in [1.54, 1.807) is 11.9 Å². The minimum Gasteiger partial charge on any atom is -0.341 e. The van der Waals surface area contributed by atoms with Crippen molar-refractivity contribution in [3.8, 4) is 0 Å². The van der Waals surface area contributed by atoms with Gasteiger partial charge in [-0.2, -0.15) is 0 Å². The van der Waals surface area contributed by atoms with Gasteiger partial charge < -0.3 is 16.8 Å². The van der Waals surface area contributed by atoms with E-state index in [9.17, 15) is 9.18 Å². The summed E-state index contributed by atoms with van der Waals surface area (Å²) in [6.07, 6.45) is 7.18. The molecule has 0 bridgehead atoms. The fraction of sp³-hybridized carbons (Fsp3) is 0.960. The van der Waals surface area contributed by atoms with Crippen LogP contribution in [0.15, 0.2) is 0 Å². The molecule has 198 valence electrons. The normalized spacial score (nSPS) is 37.4. The van der Waals surface area contributed by atoms with E-state index in [0.29, 0.717) is 13.0 Å². The van der Waals surface area contributed by atoms with Crippen molar-refractivity contribution < 1.29 is 9.18 Å².